The van der Waals surface area contributed by atoms with E-state index in [1.165, 1.54) is 18.2 Å². The lowest BCUT2D eigenvalue weighted by atomic mass is 9.94. The van der Waals surface area contributed by atoms with Gasteiger partial charge in [-0.1, -0.05) is 6.07 Å². The number of anilines is 1. The van der Waals surface area contributed by atoms with Gasteiger partial charge in [-0.15, -0.1) is 0 Å². The number of carbonyl (C=O) groups excluding carboxylic acids is 1. The molecular formula is C23H29F2N5O2. The third-order valence-corrected chi connectivity index (χ3v) is 6.35. The summed E-state index contributed by atoms with van der Waals surface area (Å²) < 4.78 is 33.3. The highest BCUT2D eigenvalue weighted by Gasteiger charge is 2.31. The van der Waals surface area contributed by atoms with Gasteiger partial charge < -0.3 is 15.4 Å². The highest BCUT2D eigenvalue weighted by Crippen LogP contribution is 2.24. The lowest BCUT2D eigenvalue weighted by Gasteiger charge is -2.37. The second-order valence-corrected chi connectivity index (χ2v) is 8.54. The van der Waals surface area contributed by atoms with Gasteiger partial charge in [-0.3, -0.25) is 9.69 Å². The molecule has 0 radical (unpaired) electrons. The molecule has 1 aromatic heterocycles. The zero-order chi connectivity index (χ0) is 22.5. The number of carbonyl (C=O) groups is 1. The highest BCUT2D eigenvalue weighted by atomic mass is 19.1. The predicted molar refractivity (Wildman–Crippen MR) is 115 cm³/mol. The maximum atomic E-state index is 13.8. The Hall–Kier alpha value is -2.65. The summed E-state index contributed by atoms with van der Waals surface area (Å²) in [7, 11) is 0. The number of benzene rings is 1. The van der Waals surface area contributed by atoms with E-state index in [1.807, 2.05) is 4.90 Å². The van der Waals surface area contributed by atoms with Gasteiger partial charge in [0.2, 0.25) is 11.9 Å². The SMILES string of the molecule is Nc1ncc(CN2CCC(C(=O)N3CCC(OCc4c(F)cccc4F)CC3)CC2)cn1. The summed E-state index contributed by atoms with van der Waals surface area (Å²) >= 11 is 0. The van der Waals surface area contributed by atoms with Crippen LogP contribution in [0.5, 0.6) is 0 Å². The molecule has 0 atom stereocenters. The molecule has 172 valence electrons. The number of hydrogen-bond acceptors (Lipinski definition) is 6. The highest BCUT2D eigenvalue weighted by molar-refractivity contribution is 5.79. The Morgan fingerprint density at radius 3 is 2.28 bits per heavy atom. The Kier molecular flexibility index (Phi) is 7.26. The molecule has 0 saturated carbocycles. The quantitative estimate of drug-likeness (QED) is 0.736. The van der Waals surface area contributed by atoms with Crippen LogP contribution in [-0.2, 0) is 22.7 Å². The molecule has 9 heteroatoms. The summed E-state index contributed by atoms with van der Waals surface area (Å²) in [6.07, 6.45) is 6.41. The molecule has 0 unspecified atom stereocenters. The molecule has 2 N–H and O–H groups in total. The van der Waals surface area contributed by atoms with E-state index >= 15 is 0 Å². The van der Waals surface area contributed by atoms with E-state index in [0.717, 1.165) is 38.0 Å². The molecule has 4 rings (SSSR count). The van der Waals surface area contributed by atoms with E-state index in [9.17, 15) is 13.6 Å². The van der Waals surface area contributed by atoms with Gasteiger partial charge in [0.15, 0.2) is 0 Å². The topological polar surface area (TPSA) is 84.6 Å². The maximum Gasteiger partial charge on any atom is 0.225 e. The maximum absolute atomic E-state index is 13.8. The fraction of sp³-hybridized carbons (Fsp3) is 0.522. The van der Waals surface area contributed by atoms with Gasteiger partial charge in [-0.05, 0) is 50.9 Å². The van der Waals surface area contributed by atoms with Crippen molar-refractivity contribution in [2.45, 2.75) is 44.9 Å². The Bertz CT molecular complexity index is 891. The van der Waals surface area contributed by atoms with Crippen molar-refractivity contribution in [1.82, 2.24) is 19.8 Å². The van der Waals surface area contributed by atoms with Gasteiger partial charge in [-0.25, -0.2) is 18.7 Å². The molecule has 0 aliphatic carbocycles. The first-order valence-corrected chi connectivity index (χ1v) is 11.1. The van der Waals surface area contributed by atoms with Crippen molar-refractivity contribution in [3.05, 3.63) is 53.4 Å². The molecule has 2 aliphatic heterocycles. The van der Waals surface area contributed by atoms with E-state index in [2.05, 4.69) is 14.9 Å². The van der Waals surface area contributed by atoms with Gasteiger partial charge >= 0.3 is 0 Å². The molecule has 1 aromatic carbocycles. The number of amides is 1. The van der Waals surface area contributed by atoms with Crippen molar-refractivity contribution in [2.24, 2.45) is 5.92 Å². The van der Waals surface area contributed by atoms with Crippen LogP contribution >= 0.6 is 0 Å². The van der Waals surface area contributed by atoms with Crippen LogP contribution in [0.3, 0.4) is 0 Å². The number of aromatic nitrogens is 2. The molecule has 2 saturated heterocycles. The van der Waals surface area contributed by atoms with Gasteiger partial charge in [0.25, 0.3) is 0 Å². The number of hydrogen-bond donors (Lipinski definition) is 1. The Balaban J connectivity index is 1.19. The van der Waals surface area contributed by atoms with Gasteiger partial charge in [0.1, 0.15) is 11.6 Å². The van der Waals surface area contributed by atoms with Crippen molar-refractivity contribution in [2.75, 3.05) is 31.9 Å². The molecule has 32 heavy (non-hydrogen) atoms. The third kappa shape index (κ3) is 5.58. The molecule has 7 nitrogen and oxygen atoms in total. The van der Waals surface area contributed by atoms with Crippen LogP contribution in [0, 0.1) is 17.6 Å². The molecule has 2 aromatic rings. The van der Waals surface area contributed by atoms with Crippen molar-refractivity contribution >= 4 is 11.9 Å². The number of nitrogens with two attached hydrogens (primary N) is 1. The number of rotatable bonds is 6. The average molecular weight is 446 g/mol. The van der Waals surface area contributed by atoms with E-state index in [4.69, 9.17) is 10.5 Å². The van der Waals surface area contributed by atoms with Crippen LogP contribution < -0.4 is 5.73 Å². The molecule has 2 aliphatic rings. The van der Waals surface area contributed by atoms with E-state index < -0.39 is 11.6 Å². The monoisotopic (exact) mass is 445 g/mol. The second-order valence-electron chi connectivity index (χ2n) is 8.54. The predicted octanol–water partition coefficient (Wildman–Crippen LogP) is 2.76. The number of nitrogens with zero attached hydrogens (tertiary/aromatic N) is 4. The van der Waals surface area contributed by atoms with Crippen molar-refractivity contribution in [3.63, 3.8) is 0 Å². The molecule has 2 fully saturated rings. The summed E-state index contributed by atoms with van der Waals surface area (Å²) in [5, 5.41) is 0. The smallest absolute Gasteiger partial charge is 0.225 e. The zero-order valence-corrected chi connectivity index (χ0v) is 18.1. The Morgan fingerprint density at radius 2 is 1.66 bits per heavy atom. The molecule has 3 heterocycles. The minimum Gasteiger partial charge on any atom is -0.373 e. The van der Waals surface area contributed by atoms with Crippen molar-refractivity contribution in [3.8, 4) is 0 Å². The number of likely N-dealkylation sites (tertiary alicyclic amines) is 2. The van der Waals surface area contributed by atoms with Gasteiger partial charge in [-0.2, -0.15) is 0 Å². The summed E-state index contributed by atoms with van der Waals surface area (Å²) in [5.74, 6) is -0.662. The average Bonchev–Trinajstić information content (AvgIpc) is 2.81. The summed E-state index contributed by atoms with van der Waals surface area (Å²) in [6, 6.07) is 3.81. The number of halogens is 2. The van der Waals surface area contributed by atoms with Crippen LogP contribution in [0.2, 0.25) is 0 Å². The number of nitrogen functional groups attached to an aromatic ring is 1. The van der Waals surface area contributed by atoms with Crippen LogP contribution in [0.1, 0.15) is 36.8 Å². The van der Waals surface area contributed by atoms with Crippen LogP contribution in [0.15, 0.2) is 30.6 Å². The fourth-order valence-electron chi connectivity index (χ4n) is 4.42. The van der Waals surface area contributed by atoms with Crippen molar-refractivity contribution < 1.29 is 18.3 Å². The van der Waals surface area contributed by atoms with E-state index in [-0.39, 0.29) is 36.0 Å². The first-order chi connectivity index (χ1) is 15.5. The summed E-state index contributed by atoms with van der Waals surface area (Å²) in [5.41, 5.74) is 6.51. The Labute approximate surface area is 186 Å². The zero-order valence-electron chi connectivity index (χ0n) is 18.1. The molecular weight excluding hydrogens is 416 g/mol. The Morgan fingerprint density at radius 1 is 1.03 bits per heavy atom. The van der Waals surface area contributed by atoms with Crippen LogP contribution in [0.4, 0.5) is 14.7 Å². The lowest BCUT2D eigenvalue weighted by molar-refractivity contribution is -0.140. The van der Waals surface area contributed by atoms with Gasteiger partial charge in [0, 0.05) is 49.1 Å². The second kappa shape index (κ2) is 10.3. The lowest BCUT2D eigenvalue weighted by Crippen LogP contribution is -2.46. The molecule has 0 spiro atoms. The van der Waals surface area contributed by atoms with Gasteiger partial charge in [0.05, 0.1) is 12.7 Å². The number of ether oxygens (including phenoxy) is 1. The molecule has 0 bridgehead atoms. The first-order valence-electron chi connectivity index (χ1n) is 11.1. The summed E-state index contributed by atoms with van der Waals surface area (Å²) in [4.78, 5) is 25.2. The van der Waals surface area contributed by atoms with Crippen LogP contribution in [-0.4, -0.2) is 58.0 Å². The third-order valence-electron chi connectivity index (χ3n) is 6.35. The first kappa shape index (κ1) is 22.5. The fourth-order valence-corrected chi connectivity index (χ4v) is 4.42. The standard InChI is InChI=1S/C23H29F2N5O2/c24-20-2-1-3-21(25)19(20)15-32-18-6-10-30(11-7-18)22(31)17-4-8-29(9-5-17)14-16-12-27-23(26)28-13-16/h1-3,12-13,17-18H,4-11,14-15H2,(H2,26,27,28). The minimum absolute atomic E-state index is 0.0386. The summed E-state index contributed by atoms with van der Waals surface area (Å²) in [6.45, 7) is 3.61. The normalized spacial score (nSPS) is 18.8. The molecule has 1 amide bonds. The largest absolute Gasteiger partial charge is 0.373 e. The van der Waals surface area contributed by atoms with E-state index in [0.29, 0.717) is 25.9 Å². The minimum atomic E-state index is -0.590. The van der Waals surface area contributed by atoms with Crippen LogP contribution in [0.25, 0.3) is 0 Å². The number of piperidine rings is 2. The van der Waals surface area contributed by atoms with E-state index in [1.54, 1.807) is 12.4 Å². The van der Waals surface area contributed by atoms with Crippen molar-refractivity contribution in [1.29, 1.82) is 0 Å².